The van der Waals surface area contributed by atoms with Gasteiger partial charge in [-0.05, 0) is 68.4 Å². The number of thiophene rings is 1. The van der Waals surface area contributed by atoms with Crippen molar-refractivity contribution in [3.63, 3.8) is 0 Å². The fourth-order valence-electron chi connectivity index (χ4n) is 5.36. The lowest BCUT2D eigenvalue weighted by Gasteiger charge is -2.21. The van der Waals surface area contributed by atoms with Gasteiger partial charge in [-0.3, -0.25) is 23.8 Å². The Morgan fingerprint density at radius 1 is 1.02 bits per heavy atom. The average Bonchev–Trinajstić information content (AvgIpc) is 3.41. The largest absolute Gasteiger partial charge is 0.389 e. The number of rotatable bonds is 12. The highest BCUT2D eigenvalue weighted by Crippen LogP contribution is 2.38. The maximum absolute atomic E-state index is 14.9. The minimum Gasteiger partial charge on any atom is -0.389 e. The number of likely N-dealkylation sites (N-methyl/N-ethyl adjacent to an activating group) is 1. The summed E-state index contributed by atoms with van der Waals surface area (Å²) in [4.78, 5) is 52.1. The molecular weight excluding hydrogens is 642 g/mol. The number of halogens is 2. The van der Waals surface area contributed by atoms with Crippen molar-refractivity contribution in [1.82, 2.24) is 24.5 Å². The first kappa shape index (κ1) is 34.6. The minimum atomic E-state index is -1.45. The van der Waals surface area contributed by atoms with Gasteiger partial charge in [0, 0.05) is 47.5 Å². The second-order valence-corrected chi connectivity index (χ2v) is 13.0. The molecule has 0 bridgehead atoms. The van der Waals surface area contributed by atoms with E-state index in [0.717, 1.165) is 33.7 Å². The number of carbonyl (C=O) groups is 1. The molecule has 0 aliphatic carbocycles. The summed E-state index contributed by atoms with van der Waals surface area (Å²) in [5.74, 6) is -1.66. The van der Waals surface area contributed by atoms with E-state index in [9.17, 15) is 28.3 Å². The van der Waals surface area contributed by atoms with E-state index in [1.54, 1.807) is 30.5 Å². The van der Waals surface area contributed by atoms with E-state index in [2.05, 4.69) is 20.6 Å². The molecule has 0 radical (unpaired) electrons. The van der Waals surface area contributed by atoms with Crippen molar-refractivity contribution >= 4 is 33.3 Å². The number of nitrogens with one attached hydrogen (secondary N) is 2. The number of hydrogen-bond acceptors (Lipinski definition) is 8. The summed E-state index contributed by atoms with van der Waals surface area (Å²) >= 11 is 1.16. The Hall–Kier alpha value is -4.76. The van der Waals surface area contributed by atoms with Gasteiger partial charge in [-0.25, -0.2) is 23.9 Å². The van der Waals surface area contributed by atoms with Crippen molar-refractivity contribution in [1.29, 1.82) is 0 Å². The van der Waals surface area contributed by atoms with E-state index in [-0.39, 0.29) is 28.9 Å². The van der Waals surface area contributed by atoms with Crippen LogP contribution in [0.15, 0.2) is 76.4 Å². The van der Waals surface area contributed by atoms with Crippen molar-refractivity contribution < 1.29 is 23.5 Å². The van der Waals surface area contributed by atoms with Gasteiger partial charge in [0.15, 0.2) is 0 Å². The van der Waals surface area contributed by atoms with Crippen LogP contribution in [-0.4, -0.2) is 56.5 Å². The summed E-state index contributed by atoms with van der Waals surface area (Å²) in [6, 6.07) is 15.4. The van der Waals surface area contributed by atoms with Gasteiger partial charge in [0.1, 0.15) is 16.5 Å². The van der Waals surface area contributed by atoms with E-state index in [0.29, 0.717) is 34.7 Å². The monoisotopic (exact) mass is 678 g/mol. The number of hydroxylamine groups is 1. The Morgan fingerprint density at radius 3 is 2.35 bits per heavy atom. The molecular formula is C34H36F2N6O5S. The van der Waals surface area contributed by atoms with Crippen LogP contribution in [0.5, 0.6) is 0 Å². The summed E-state index contributed by atoms with van der Waals surface area (Å²) in [5, 5.41) is 13.5. The fourth-order valence-corrected chi connectivity index (χ4v) is 6.67. The van der Waals surface area contributed by atoms with E-state index < -0.39 is 41.1 Å². The molecule has 2 aromatic carbocycles. The number of aromatic nitrogens is 3. The molecule has 0 unspecified atom stereocenters. The number of anilines is 1. The van der Waals surface area contributed by atoms with Crippen LogP contribution < -0.4 is 22.0 Å². The normalized spacial score (nSPS) is 11.8. The standard InChI is InChI=1S/C34H36F2N6O5S/c1-34(2,46)20-42-30(43)28-25(18-40(3)17-15-22-8-5-6-16-37-22)29(21-11-13-23(14-12-21)38-32(44)39-47-4)48-31(28)41(33(42)45)19-24-26(35)9-7-10-27(24)36/h5-14,16,46H,15,17-20H2,1-4H3,(H2,38,39,44). The van der Waals surface area contributed by atoms with Crippen LogP contribution in [0.25, 0.3) is 20.7 Å². The predicted molar refractivity (Wildman–Crippen MR) is 181 cm³/mol. The molecule has 11 nitrogen and oxygen atoms in total. The van der Waals surface area contributed by atoms with E-state index in [1.165, 1.54) is 31.6 Å². The highest BCUT2D eigenvalue weighted by atomic mass is 32.1. The SMILES string of the molecule is CONC(=O)Nc1ccc(-c2sc3c(c2CN(C)CCc2ccccn2)c(=O)n(CC(C)(C)O)c(=O)n3Cc2c(F)cccc2F)cc1. The summed E-state index contributed by atoms with van der Waals surface area (Å²) in [6.45, 7) is 2.98. The number of carbonyl (C=O) groups excluding carboxylic acids is 1. The molecule has 0 fully saturated rings. The third-order valence-corrected chi connectivity index (χ3v) is 8.89. The molecule has 0 aliphatic heterocycles. The second kappa shape index (κ2) is 14.6. The molecule has 5 aromatic rings. The fraction of sp³-hybridized carbons (Fsp3) is 0.294. The van der Waals surface area contributed by atoms with Gasteiger partial charge in [-0.1, -0.05) is 24.3 Å². The van der Waals surface area contributed by atoms with Crippen molar-refractivity contribution in [2.75, 3.05) is 26.0 Å². The lowest BCUT2D eigenvalue weighted by molar-refractivity contribution is 0.0588. The van der Waals surface area contributed by atoms with E-state index in [4.69, 9.17) is 0 Å². The first-order chi connectivity index (χ1) is 22.9. The molecule has 0 atom stereocenters. The van der Waals surface area contributed by atoms with Gasteiger partial charge < -0.3 is 15.3 Å². The van der Waals surface area contributed by atoms with Gasteiger partial charge in [-0.2, -0.15) is 0 Å². The minimum absolute atomic E-state index is 0.210. The van der Waals surface area contributed by atoms with Crippen molar-refractivity contribution in [2.24, 2.45) is 0 Å². The number of pyridine rings is 1. The molecule has 0 aliphatic rings. The van der Waals surface area contributed by atoms with Crippen molar-refractivity contribution in [2.45, 2.75) is 45.5 Å². The van der Waals surface area contributed by atoms with E-state index >= 15 is 0 Å². The van der Waals surface area contributed by atoms with Crippen LogP contribution >= 0.6 is 11.3 Å². The zero-order valence-corrected chi connectivity index (χ0v) is 27.7. The molecule has 252 valence electrons. The van der Waals surface area contributed by atoms with E-state index in [1.807, 2.05) is 30.1 Å². The molecule has 0 saturated heterocycles. The van der Waals surface area contributed by atoms with Crippen LogP contribution in [0.1, 0.15) is 30.7 Å². The number of nitrogens with zero attached hydrogens (tertiary/aromatic N) is 4. The van der Waals surface area contributed by atoms with Gasteiger partial charge in [0.25, 0.3) is 5.56 Å². The first-order valence-electron chi connectivity index (χ1n) is 15.1. The van der Waals surface area contributed by atoms with Gasteiger partial charge in [-0.15, -0.1) is 11.3 Å². The van der Waals surface area contributed by atoms with Gasteiger partial charge >= 0.3 is 11.7 Å². The maximum atomic E-state index is 14.9. The molecule has 48 heavy (non-hydrogen) atoms. The Balaban J connectivity index is 1.70. The van der Waals surface area contributed by atoms with Crippen molar-refractivity contribution in [3.8, 4) is 10.4 Å². The number of benzene rings is 2. The summed E-state index contributed by atoms with van der Waals surface area (Å²) in [6.07, 6.45) is 2.36. The third kappa shape index (κ3) is 7.85. The van der Waals surface area contributed by atoms with Gasteiger partial charge in [0.05, 0.1) is 31.2 Å². The zero-order chi connectivity index (χ0) is 34.6. The van der Waals surface area contributed by atoms with Crippen LogP contribution in [0, 0.1) is 11.6 Å². The number of hydrogen-bond donors (Lipinski definition) is 3. The molecule has 3 aromatic heterocycles. The van der Waals surface area contributed by atoms with Crippen molar-refractivity contribution in [3.05, 3.63) is 116 Å². The summed E-state index contributed by atoms with van der Waals surface area (Å²) in [5.41, 5.74) is 1.64. The topological polar surface area (TPSA) is 131 Å². The second-order valence-electron chi connectivity index (χ2n) is 12.0. The van der Waals surface area contributed by atoms with Crippen LogP contribution in [0.2, 0.25) is 0 Å². The molecule has 3 N–H and O–H groups in total. The Labute approximate surface area is 279 Å². The lowest BCUT2D eigenvalue weighted by Crippen LogP contribution is -2.45. The summed E-state index contributed by atoms with van der Waals surface area (Å²) < 4.78 is 32.0. The lowest BCUT2D eigenvalue weighted by atomic mass is 10.1. The Morgan fingerprint density at radius 2 is 1.73 bits per heavy atom. The molecule has 5 rings (SSSR count). The van der Waals surface area contributed by atoms with Crippen LogP contribution in [0.4, 0.5) is 19.3 Å². The maximum Gasteiger partial charge on any atom is 0.343 e. The smallest absolute Gasteiger partial charge is 0.343 e. The molecule has 14 heteroatoms. The van der Waals surface area contributed by atoms with Crippen LogP contribution in [0.3, 0.4) is 0 Å². The van der Waals surface area contributed by atoms with Gasteiger partial charge in [0.2, 0.25) is 0 Å². The Kier molecular flexibility index (Phi) is 10.5. The molecule has 3 heterocycles. The summed E-state index contributed by atoms with van der Waals surface area (Å²) in [7, 11) is 3.21. The number of fused-ring (bicyclic) bond motifs is 1. The third-order valence-electron chi connectivity index (χ3n) is 7.58. The highest BCUT2D eigenvalue weighted by molar-refractivity contribution is 7.22. The molecule has 2 amide bonds. The zero-order valence-electron chi connectivity index (χ0n) is 26.9. The predicted octanol–water partition coefficient (Wildman–Crippen LogP) is 4.74. The average molecular weight is 679 g/mol. The number of aliphatic hydroxyl groups is 1. The molecule has 0 spiro atoms. The number of amides is 2. The Bertz CT molecular complexity index is 2020. The quantitative estimate of drug-likeness (QED) is 0.163. The number of urea groups is 1. The highest BCUT2D eigenvalue weighted by Gasteiger charge is 2.27. The molecule has 0 saturated carbocycles. The first-order valence-corrected chi connectivity index (χ1v) is 15.9. The van der Waals surface area contributed by atoms with Crippen LogP contribution in [-0.2, 0) is 30.9 Å².